The smallest absolute Gasteiger partial charge is 0.238 e. The Morgan fingerprint density at radius 3 is 2.47 bits per heavy atom. The third kappa shape index (κ3) is 3.46. The van der Waals surface area contributed by atoms with Gasteiger partial charge in [0, 0.05) is 0 Å². The van der Waals surface area contributed by atoms with E-state index in [2.05, 4.69) is 21.2 Å². The van der Waals surface area contributed by atoms with Gasteiger partial charge >= 0.3 is 0 Å². The molecule has 1 amide bonds. The van der Waals surface area contributed by atoms with Crippen molar-refractivity contribution in [2.24, 2.45) is 5.92 Å². The lowest BCUT2D eigenvalue weighted by molar-refractivity contribution is -0.116. The highest BCUT2D eigenvalue weighted by Gasteiger charge is 2.20. The molecular formula is C13H18BrNO2. The van der Waals surface area contributed by atoms with Gasteiger partial charge in [0.2, 0.25) is 5.91 Å². The number of hydrogen-bond donors (Lipinski definition) is 2. The molecule has 0 fully saturated rings. The van der Waals surface area contributed by atoms with Crippen LogP contribution in [0.4, 0.5) is 5.69 Å². The zero-order chi connectivity index (χ0) is 13.2. The van der Waals surface area contributed by atoms with E-state index in [0.29, 0.717) is 5.69 Å². The maximum Gasteiger partial charge on any atom is 0.238 e. The van der Waals surface area contributed by atoms with Crippen LogP contribution < -0.4 is 5.32 Å². The van der Waals surface area contributed by atoms with E-state index < -0.39 is 0 Å². The molecule has 0 bridgehead atoms. The number of hydrogen-bond acceptors (Lipinski definition) is 2. The van der Waals surface area contributed by atoms with E-state index in [9.17, 15) is 9.90 Å². The Bertz CT molecular complexity index is 430. The number of halogens is 1. The second-order valence-electron chi connectivity index (χ2n) is 4.61. The Balaban J connectivity index is 2.92. The third-order valence-electron chi connectivity index (χ3n) is 2.54. The highest BCUT2D eigenvalue weighted by atomic mass is 79.9. The van der Waals surface area contributed by atoms with Crippen molar-refractivity contribution < 1.29 is 9.90 Å². The number of aryl methyl sites for hydroxylation is 2. The fraction of sp³-hybridized carbons (Fsp3) is 0.462. The van der Waals surface area contributed by atoms with Crippen LogP contribution in [0.3, 0.4) is 0 Å². The van der Waals surface area contributed by atoms with E-state index in [1.165, 1.54) is 0 Å². The summed E-state index contributed by atoms with van der Waals surface area (Å²) in [6, 6.07) is 3.64. The standard InChI is InChI=1S/C13H18BrNO2/c1-7(2)11(14)13(17)15-10-6-8(3)5-9(4)12(10)16/h5-7,11,16H,1-4H3,(H,15,17)/t11-/m0/s1. The minimum absolute atomic E-state index is 0.132. The van der Waals surface area contributed by atoms with E-state index in [1.807, 2.05) is 33.8 Å². The summed E-state index contributed by atoms with van der Waals surface area (Å²) >= 11 is 3.33. The number of phenolic OH excluding ortho intramolecular Hbond substituents is 1. The van der Waals surface area contributed by atoms with Gasteiger partial charge in [0.05, 0.1) is 10.5 Å². The molecule has 0 saturated carbocycles. The molecule has 0 spiro atoms. The van der Waals surface area contributed by atoms with Gasteiger partial charge in [0.15, 0.2) is 0 Å². The minimum Gasteiger partial charge on any atom is -0.505 e. The number of aromatic hydroxyl groups is 1. The molecule has 0 aliphatic heterocycles. The summed E-state index contributed by atoms with van der Waals surface area (Å²) < 4.78 is 0. The lowest BCUT2D eigenvalue weighted by atomic mass is 10.1. The quantitative estimate of drug-likeness (QED) is 0.664. The number of rotatable bonds is 3. The maximum atomic E-state index is 11.9. The molecule has 0 aliphatic rings. The summed E-state index contributed by atoms with van der Waals surface area (Å²) in [5.74, 6) is 0.191. The van der Waals surface area contributed by atoms with Gasteiger partial charge < -0.3 is 10.4 Å². The van der Waals surface area contributed by atoms with Crippen LogP contribution in [-0.2, 0) is 4.79 Å². The fourth-order valence-electron chi connectivity index (χ4n) is 1.56. The first-order valence-electron chi connectivity index (χ1n) is 5.58. The summed E-state index contributed by atoms with van der Waals surface area (Å²) in [4.78, 5) is 11.6. The molecule has 4 heteroatoms. The molecule has 3 nitrogen and oxygen atoms in total. The van der Waals surface area contributed by atoms with E-state index in [-0.39, 0.29) is 22.4 Å². The first-order chi connectivity index (χ1) is 7.82. The van der Waals surface area contributed by atoms with Crippen molar-refractivity contribution in [3.05, 3.63) is 23.3 Å². The number of alkyl halides is 1. The second-order valence-corrected chi connectivity index (χ2v) is 5.60. The van der Waals surface area contributed by atoms with E-state index in [4.69, 9.17) is 0 Å². The minimum atomic E-state index is -0.261. The van der Waals surface area contributed by atoms with Crippen LogP contribution in [0, 0.1) is 19.8 Å². The highest BCUT2D eigenvalue weighted by molar-refractivity contribution is 9.10. The van der Waals surface area contributed by atoms with Crippen LogP contribution in [0.25, 0.3) is 0 Å². The van der Waals surface area contributed by atoms with Gasteiger partial charge in [-0.3, -0.25) is 4.79 Å². The Kier molecular flexibility index (Phi) is 4.57. The SMILES string of the molecule is Cc1cc(C)c(O)c(NC(=O)[C@@H](Br)C(C)C)c1. The Morgan fingerprint density at radius 2 is 1.94 bits per heavy atom. The van der Waals surface area contributed by atoms with Crippen LogP contribution in [0.2, 0.25) is 0 Å². The molecule has 0 saturated heterocycles. The number of phenols is 1. The highest BCUT2D eigenvalue weighted by Crippen LogP contribution is 2.29. The van der Waals surface area contributed by atoms with Gasteiger partial charge in [-0.1, -0.05) is 35.8 Å². The van der Waals surface area contributed by atoms with E-state index >= 15 is 0 Å². The molecule has 94 valence electrons. The van der Waals surface area contributed by atoms with Crippen molar-refractivity contribution in [2.45, 2.75) is 32.5 Å². The van der Waals surface area contributed by atoms with Crippen molar-refractivity contribution in [3.63, 3.8) is 0 Å². The molecule has 0 aromatic heterocycles. The number of carbonyl (C=O) groups excluding carboxylic acids is 1. The fourth-order valence-corrected chi connectivity index (χ4v) is 1.67. The van der Waals surface area contributed by atoms with E-state index in [0.717, 1.165) is 11.1 Å². The van der Waals surface area contributed by atoms with Crippen molar-refractivity contribution >= 4 is 27.5 Å². The first kappa shape index (κ1) is 14.0. The molecule has 1 aromatic rings. The molecule has 1 rings (SSSR count). The zero-order valence-electron chi connectivity index (χ0n) is 10.5. The number of carbonyl (C=O) groups is 1. The molecule has 0 unspecified atom stereocenters. The van der Waals surface area contributed by atoms with E-state index in [1.54, 1.807) is 6.07 Å². The van der Waals surface area contributed by atoms with Crippen molar-refractivity contribution in [1.29, 1.82) is 0 Å². The average molecular weight is 300 g/mol. The number of amides is 1. The summed E-state index contributed by atoms with van der Waals surface area (Å²) in [6.45, 7) is 7.66. The molecule has 0 aliphatic carbocycles. The van der Waals surface area contributed by atoms with Crippen LogP contribution in [0.5, 0.6) is 5.75 Å². The summed E-state index contributed by atoms with van der Waals surface area (Å²) in [5.41, 5.74) is 2.24. The Labute approximate surface area is 110 Å². The van der Waals surface area contributed by atoms with Gasteiger partial charge in [0.1, 0.15) is 5.75 Å². The van der Waals surface area contributed by atoms with Gasteiger partial charge in [-0.2, -0.15) is 0 Å². The molecule has 0 radical (unpaired) electrons. The summed E-state index contributed by atoms with van der Waals surface area (Å²) in [5, 5.41) is 12.6. The molecule has 0 heterocycles. The zero-order valence-corrected chi connectivity index (χ0v) is 12.1. The number of nitrogens with one attached hydrogen (secondary N) is 1. The topological polar surface area (TPSA) is 49.3 Å². The predicted octanol–water partition coefficient (Wildman–Crippen LogP) is 3.37. The van der Waals surface area contributed by atoms with Crippen LogP contribution >= 0.6 is 15.9 Å². The summed E-state index contributed by atoms with van der Waals surface area (Å²) in [6.07, 6.45) is 0. The lowest BCUT2D eigenvalue weighted by Gasteiger charge is -2.15. The maximum absolute atomic E-state index is 11.9. The summed E-state index contributed by atoms with van der Waals surface area (Å²) in [7, 11) is 0. The van der Waals surface area contributed by atoms with Crippen LogP contribution in [-0.4, -0.2) is 15.8 Å². The van der Waals surface area contributed by atoms with Crippen molar-refractivity contribution in [2.75, 3.05) is 5.32 Å². The molecular weight excluding hydrogens is 282 g/mol. The second kappa shape index (κ2) is 5.54. The number of benzene rings is 1. The molecule has 17 heavy (non-hydrogen) atoms. The Morgan fingerprint density at radius 1 is 1.35 bits per heavy atom. The van der Waals surface area contributed by atoms with Gasteiger partial charge in [-0.15, -0.1) is 0 Å². The predicted molar refractivity (Wildman–Crippen MR) is 73.8 cm³/mol. The third-order valence-corrected chi connectivity index (χ3v) is 4.01. The first-order valence-corrected chi connectivity index (χ1v) is 6.49. The van der Waals surface area contributed by atoms with Gasteiger partial charge in [0.25, 0.3) is 0 Å². The largest absolute Gasteiger partial charge is 0.505 e. The van der Waals surface area contributed by atoms with Gasteiger partial charge in [-0.05, 0) is 37.0 Å². The molecule has 1 aromatic carbocycles. The average Bonchev–Trinajstić information content (AvgIpc) is 2.23. The molecule has 2 N–H and O–H groups in total. The molecule has 1 atom stereocenters. The normalized spacial score (nSPS) is 12.6. The van der Waals surface area contributed by atoms with Crippen molar-refractivity contribution in [1.82, 2.24) is 0 Å². The van der Waals surface area contributed by atoms with Gasteiger partial charge in [-0.25, -0.2) is 0 Å². The lowest BCUT2D eigenvalue weighted by Crippen LogP contribution is -2.27. The van der Waals surface area contributed by atoms with Crippen LogP contribution in [0.1, 0.15) is 25.0 Å². The Hall–Kier alpha value is -1.03. The van der Waals surface area contributed by atoms with Crippen LogP contribution in [0.15, 0.2) is 12.1 Å². The monoisotopic (exact) mass is 299 g/mol. The number of anilines is 1. The van der Waals surface area contributed by atoms with Crippen molar-refractivity contribution in [3.8, 4) is 5.75 Å².